The number of carbonyl (C=O) groups is 2. The van der Waals surface area contributed by atoms with Crippen LogP contribution in [0.5, 0.6) is 5.88 Å². The first-order chi connectivity index (χ1) is 13.5. The van der Waals surface area contributed by atoms with E-state index in [4.69, 9.17) is 10.5 Å². The van der Waals surface area contributed by atoms with E-state index in [0.29, 0.717) is 23.0 Å². The number of nitrogens with two attached hydrogens (primary N) is 1. The number of aromatic nitrogens is 2. The van der Waals surface area contributed by atoms with Gasteiger partial charge in [-0.2, -0.15) is 0 Å². The van der Waals surface area contributed by atoms with Gasteiger partial charge in [-0.15, -0.1) is 11.3 Å². The van der Waals surface area contributed by atoms with Gasteiger partial charge in [-0.05, 0) is 55.0 Å². The van der Waals surface area contributed by atoms with E-state index in [-0.39, 0.29) is 12.5 Å². The molecule has 0 bridgehead atoms. The minimum atomic E-state index is -0.512. The molecule has 0 aliphatic heterocycles. The van der Waals surface area contributed by atoms with Crippen molar-refractivity contribution in [3.05, 3.63) is 46.6 Å². The number of thiophene rings is 1. The van der Waals surface area contributed by atoms with Gasteiger partial charge < -0.3 is 15.8 Å². The van der Waals surface area contributed by atoms with Gasteiger partial charge in [0.1, 0.15) is 11.2 Å². The molecule has 0 unspecified atom stereocenters. The van der Waals surface area contributed by atoms with Crippen molar-refractivity contribution in [1.82, 2.24) is 9.97 Å². The lowest BCUT2D eigenvalue weighted by Gasteiger charge is -2.18. The number of aryl methyl sites for hydroxylation is 1. The second-order valence-electron chi connectivity index (χ2n) is 6.99. The molecule has 0 fully saturated rings. The summed E-state index contributed by atoms with van der Waals surface area (Å²) in [6.45, 7) is 2.10. The fraction of sp³-hybridized carbons (Fsp3) is 0.300. The summed E-state index contributed by atoms with van der Waals surface area (Å²) >= 11 is 1.69. The van der Waals surface area contributed by atoms with E-state index in [1.807, 2.05) is 0 Å². The molecule has 8 heteroatoms. The zero-order chi connectivity index (χ0) is 19.7. The molecule has 0 spiro atoms. The Kier molecular flexibility index (Phi) is 4.95. The third-order valence-corrected chi connectivity index (χ3v) is 6.01. The molecule has 28 heavy (non-hydrogen) atoms. The van der Waals surface area contributed by atoms with Gasteiger partial charge >= 0.3 is 0 Å². The highest BCUT2D eigenvalue weighted by Crippen LogP contribution is 2.40. The van der Waals surface area contributed by atoms with Crippen LogP contribution in [0.1, 0.15) is 34.1 Å². The SMILES string of the molecule is C[C@H]1CCc2c(sc3ncnc(OCC(=O)Nc4ccc(C(N)=O)cc4)c23)C1. The predicted molar refractivity (Wildman–Crippen MR) is 108 cm³/mol. The number of nitrogens with one attached hydrogen (secondary N) is 1. The predicted octanol–water partition coefficient (Wildman–Crippen LogP) is 2.93. The number of amides is 2. The molecule has 7 nitrogen and oxygen atoms in total. The fourth-order valence-electron chi connectivity index (χ4n) is 3.40. The van der Waals surface area contributed by atoms with Crippen molar-refractivity contribution in [2.45, 2.75) is 26.2 Å². The summed E-state index contributed by atoms with van der Waals surface area (Å²) in [7, 11) is 0. The molecule has 1 aromatic carbocycles. The molecular weight excluding hydrogens is 376 g/mol. The number of hydrogen-bond acceptors (Lipinski definition) is 6. The highest BCUT2D eigenvalue weighted by molar-refractivity contribution is 7.18. The molecule has 3 N–H and O–H groups in total. The summed E-state index contributed by atoms with van der Waals surface area (Å²) in [6, 6.07) is 6.37. The summed E-state index contributed by atoms with van der Waals surface area (Å²) < 4.78 is 5.74. The molecule has 4 rings (SSSR count). The van der Waals surface area contributed by atoms with Crippen molar-refractivity contribution in [2.75, 3.05) is 11.9 Å². The number of carbonyl (C=O) groups excluding carboxylic acids is 2. The van der Waals surface area contributed by atoms with Crippen LogP contribution in [0.3, 0.4) is 0 Å². The number of primary amides is 1. The zero-order valence-corrected chi connectivity index (χ0v) is 16.2. The van der Waals surface area contributed by atoms with Gasteiger partial charge in [-0.3, -0.25) is 9.59 Å². The highest BCUT2D eigenvalue weighted by Gasteiger charge is 2.23. The Morgan fingerprint density at radius 3 is 2.82 bits per heavy atom. The smallest absolute Gasteiger partial charge is 0.262 e. The van der Waals surface area contributed by atoms with Crippen LogP contribution in [0.4, 0.5) is 5.69 Å². The lowest BCUT2D eigenvalue weighted by atomic mass is 9.89. The molecule has 0 saturated heterocycles. The normalized spacial score (nSPS) is 15.8. The van der Waals surface area contributed by atoms with E-state index in [1.54, 1.807) is 35.6 Å². The van der Waals surface area contributed by atoms with Crippen molar-refractivity contribution < 1.29 is 14.3 Å². The summed E-state index contributed by atoms with van der Waals surface area (Å²) in [5.74, 6) is 0.305. The van der Waals surface area contributed by atoms with Gasteiger partial charge in [0.15, 0.2) is 6.61 Å². The number of anilines is 1. The van der Waals surface area contributed by atoms with Crippen LogP contribution in [0, 0.1) is 5.92 Å². The monoisotopic (exact) mass is 396 g/mol. The summed E-state index contributed by atoms with van der Waals surface area (Å²) in [4.78, 5) is 34.2. The Balaban J connectivity index is 1.46. The second kappa shape index (κ2) is 7.55. The van der Waals surface area contributed by atoms with Crippen LogP contribution < -0.4 is 15.8 Å². The number of benzene rings is 1. The average Bonchev–Trinajstić information content (AvgIpc) is 3.04. The molecule has 3 aromatic rings. The Labute approximate surface area is 165 Å². The van der Waals surface area contributed by atoms with E-state index in [9.17, 15) is 9.59 Å². The third-order valence-electron chi connectivity index (χ3n) is 4.85. The van der Waals surface area contributed by atoms with Crippen molar-refractivity contribution in [3.8, 4) is 5.88 Å². The Morgan fingerprint density at radius 1 is 1.29 bits per heavy atom. The fourth-order valence-corrected chi connectivity index (χ4v) is 4.75. The molecule has 0 saturated carbocycles. The first-order valence-electron chi connectivity index (χ1n) is 9.09. The molecule has 144 valence electrons. The maximum atomic E-state index is 12.2. The van der Waals surface area contributed by atoms with Gasteiger partial charge in [0.2, 0.25) is 11.8 Å². The van der Waals surface area contributed by atoms with E-state index >= 15 is 0 Å². The topological polar surface area (TPSA) is 107 Å². The summed E-state index contributed by atoms with van der Waals surface area (Å²) in [5.41, 5.74) is 7.42. The van der Waals surface area contributed by atoms with Crippen LogP contribution >= 0.6 is 11.3 Å². The van der Waals surface area contributed by atoms with E-state index in [1.165, 1.54) is 16.8 Å². The van der Waals surface area contributed by atoms with Gasteiger partial charge in [-0.25, -0.2) is 9.97 Å². The van der Waals surface area contributed by atoms with Crippen molar-refractivity contribution in [3.63, 3.8) is 0 Å². The first-order valence-corrected chi connectivity index (χ1v) is 9.90. The van der Waals surface area contributed by atoms with Crippen LogP contribution in [0.2, 0.25) is 0 Å². The average molecular weight is 396 g/mol. The van der Waals surface area contributed by atoms with Crippen LogP contribution in [0.15, 0.2) is 30.6 Å². The number of fused-ring (bicyclic) bond motifs is 3. The quantitative estimate of drug-likeness (QED) is 0.689. The van der Waals surface area contributed by atoms with Crippen molar-refractivity contribution in [2.24, 2.45) is 11.7 Å². The number of ether oxygens (including phenoxy) is 1. The molecule has 2 amide bonds. The Morgan fingerprint density at radius 2 is 2.07 bits per heavy atom. The standard InChI is InChI=1S/C20H20N4O3S/c1-11-2-7-14-15(8-11)28-20-17(14)19(22-10-23-20)27-9-16(25)24-13-5-3-12(4-6-13)18(21)26/h3-6,10-11H,2,7-9H2,1H3,(H2,21,26)(H,24,25)/t11-/m0/s1. The van der Waals surface area contributed by atoms with E-state index < -0.39 is 5.91 Å². The number of hydrogen-bond donors (Lipinski definition) is 2. The minimum absolute atomic E-state index is 0.162. The van der Waals surface area contributed by atoms with Crippen molar-refractivity contribution in [1.29, 1.82) is 0 Å². The molecule has 0 radical (unpaired) electrons. The van der Waals surface area contributed by atoms with Gasteiger partial charge in [0.05, 0.1) is 5.39 Å². The van der Waals surface area contributed by atoms with Gasteiger partial charge in [0, 0.05) is 16.1 Å². The maximum absolute atomic E-state index is 12.2. The highest BCUT2D eigenvalue weighted by atomic mass is 32.1. The molecule has 1 aliphatic rings. The van der Waals surface area contributed by atoms with E-state index in [0.717, 1.165) is 29.5 Å². The molecular formula is C20H20N4O3S. The minimum Gasteiger partial charge on any atom is -0.467 e. The number of nitrogens with zero attached hydrogens (tertiary/aromatic N) is 2. The summed E-state index contributed by atoms with van der Waals surface area (Å²) in [6.07, 6.45) is 4.65. The lowest BCUT2D eigenvalue weighted by molar-refractivity contribution is -0.118. The van der Waals surface area contributed by atoms with Gasteiger partial charge in [0.25, 0.3) is 5.91 Å². The lowest BCUT2D eigenvalue weighted by Crippen LogP contribution is -2.21. The molecule has 2 heterocycles. The Bertz CT molecular complexity index is 1050. The van der Waals surface area contributed by atoms with Crippen LogP contribution in [-0.2, 0) is 17.6 Å². The van der Waals surface area contributed by atoms with Crippen LogP contribution in [0.25, 0.3) is 10.2 Å². The first kappa shape index (κ1) is 18.4. The largest absolute Gasteiger partial charge is 0.467 e. The van der Waals surface area contributed by atoms with Gasteiger partial charge in [-0.1, -0.05) is 6.92 Å². The molecule has 1 atom stereocenters. The third kappa shape index (κ3) is 3.68. The second-order valence-corrected chi connectivity index (χ2v) is 8.07. The number of rotatable bonds is 5. The zero-order valence-electron chi connectivity index (χ0n) is 15.4. The summed E-state index contributed by atoms with van der Waals surface area (Å²) in [5, 5.41) is 3.67. The van der Waals surface area contributed by atoms with Crippen molar-refractivity contribution >= 4 is 39.1 Å². The maximum Gasteiger partial charge on any atom is 0.262 e. The molecule has 1 aliphatic carbocycles. The Hall–Kier alpha value is -3.00. The molecule has 2 aromatic heterocycles. The van der Waals surface area contributed by atoms with Crippen LogP contribution in [-0.4, -0.2) is 28.4 Å². The van der Waals surface area contributed by atoms with E-state index in [2.05, 4.69) is 22.2 Å².